The molecular formula is C11H16BrN3. The van der Waals surface area contributed by atoms with Gasteiger partial charge in [0.1, 0.15) is 4.60 Å². The summed E-state index contributed by atoms with van der Waals surface area (Å²) in [6.45, 7) is 2.21. The van der Waals surface area contributed by atoms with Crippen molar-refractivity contribution in [2.75, 3.05) is 13.6 Å². The third-order valence-electron chi connectivity index (χ3n) is 3.65. The molecule has 0 N–H and O–H groups in total. The second-order valence-electron chi connectivity index (χ2n) is 4.73. The van der Waals surface area contributed by atoms with Crippen LogP contribution in [0, 0.1) is 0 Å². The summed E-state index contributed by atoms with van der Waals surface area (Å²) in [4.78, 5) is 2.38. The van der Waals surface area contributed by atoms with Crippen molar-refractivity contribution in [3.05, 3.63) is 15.9 Å². The Hall–Kier alpha value is -0.350. The molecule has 0 spiro atoms. The largest absolute Gasteiger partial charge is 0.300 e. The van der Waals surface area contributed by atoms with Gasteiger partial charge in [-0.2, -0.15) is 5.10 Å². The van der Waals surface area contributed by atoms with Crippen LogP contribution in [0.25, 0.3) is 0 Å². The molecule has 4 heteroatoms. The smallest absolute Gasteiger partial charge is 0.131 e. The minimum Gasteiger partial charge on any atom is -0.300 e. The maximum absolute atomic E-state index is 4.66. The van der Waals surface area contributed by atoms with Crippen LogP contribution >= 0.6 is 15.9 Å². The van der Waals surface area contributed by atoms with Gasteiger partial charge in [0, 0.05) is 18.7 Å². The van der Waals surface area contributed by atoms with E-state index in [1.165, 1.54) is 30.5 Å². The summed E-state index contributed by atoms with van der Waals surface area (Å²) < 4.78 is 3.36. The number of rotatable bonds is 1. The van der Waals surface area contributed by atoms with Crippen molar-refractivity contribution in [3.63, 3.8) is 0 Å². The topological polar surface area (TPSA) is 21.1 Å². The molecule has 15 heavy (non-hydrogen) atoms. The van der Waals surface area contributed by atoms with Gasteiger partial charge < -0.3 is 4.90 Å². The first-order valence-corrected chi connectivity index (χ1v) is 6.49. The van der Waals surface area contributed by atoms with Gasteiger partial charge in [-0.25, -0.2) is 0 Å². The molecule has 3 nitrogen and oxygen atoms in total. The average Bonchev–Trinajstić information content (AvgIpc) is 2.41. The fourth-order valence-electron chi connectivity index (χ4n) is 2.46. The highest BCUT2D eigenvalue weighted by atomic mass is 79.9. The molecule has 1 aliphatic heterocycles. The van der Waals surface area contributed by atoms with Gasteiger partial charge in [-0.1, -0.05) is 0 Å². The Morgan fingerprint density at radius 3 is 2.87 bits per heavy atom. The molecule has 0 amide bonds. The van der Waals surface area contributed by atoms with Crippen molar-refractivity contribution in [2.45, 2.75) is 38.3 Å². The molecule has 3 rings (SSSR count). The summed E-state index contributed by atoms with van der Waals surface area (Å²) in [5.41, 5.74) is 2.89. The van der Waals surface area contributed by atoms with E-state index >= 15 is 0 Å². The monoisotopic (exact) mass is 269 g/mol. The summed E-state index contributed by atoms with van der Waals surface area (Å²) in [7, 11) is 2.19. The van der Waals surface area contributed by atoms with Crippen LogP contribution in [0.15, 0.2) is 4.60 Å². The molecule has 1 aromatic heterocycles. The van der Waals surface area contributed by atoms with Gasteiger partial charge in [0.05, 0.1) is 11.7 Å². The van der Waals surface area contributed by atoms with Crippen molar-refractivity contribution in [1.82, 2.24) is 14.7 Å². The minimum atomic E-state index is 0.677. The van der Waals surface area contributed by atoms with Crippen LogP contribution in [0.4, 0.5) is 0 Å². The van der Waals surface area contributed by atoms with E-state index < -0.39 is 0 Å². The standard InChI is InChI=1S/C11H16BrN3/c1-14-6-5-9-10(7-14)15(13-11(9)12)8-3-2-4-8/h8H,2-7H2,1H3. The molecule has 82 valence electrons. The minimum absolute atomic E-state index is 0.677. The number of nitrogens with zero attached hydrogens (tertiary/aromatic N) is 3. The number of fused-ring (bicyclic) bond motifs is 1. The van der Waals surface area contributed by atoms with Crippen LogP contribution in [-0.2, 0) is 13.0 Å². The number of hydrogen-bond acceptors (Lipinski definition) is 2. The molecule has 2 heterocycles. The number of halogens is 1. The molecule has 1 aromatic rings. The lowest BCUT2D eigenvalue weighted by Crippen LogP contribution is -2.30. The second kappa shape index (κ2) is 3.59. The van der Waals surface area contributed by atoms with E-state index in [9.17, 15) is 0 Å². The maximum Gasteiger partial charge on any atom is 0.131 e. The van der Waals surface area contributed by atoms with Gasteiger partial charge in [-0.3, -0.25) is 4.68 Å². The molecule has 1 saturated carbocycles. The predicted molar refractivity (Wildman–Crippen MR) is 62.9 cm³/mol. The Balaban J connectivity index is 2.00. The SMILES string of the molecule is CN1CCc2c(Br)nn(C3CCC3)c2C1. The summed E-state index contributed by atoms with van der Waals surface area (Å²) in [6, 6.07) is 0.677. The van der Waals surface area contributed by atoms with Crippen LogP contribution in [0.3, 0.4) is 0 Å². The zero-order valence-corrected chi connectivity index (χ0v) is 10.6. The maximum atomic E-state index is 4.66. The first-order chi connectivity index (χ1) is 7.25. The summed E-state index contributed by atoms with van der Waals surface area (Å²) >= 11 is 3.59. The zero-order chi connectivity index (χ0) is 10.4. The van der Waals surface area contributed by atoms with Crippen molar-refractivity contribution < 1.29 is 0 Å². The quantitative estimate of drug-likeness (QED) is 0.781. The van der Waals surface area contributed by atoms with Gasteiger partial charge in [0.25, 0.3) is 0 Å². The van der Waals surface area contributed by atoms with E-state index in [2.05, 4.69) is 37.7 Å². The highest BCUT2D eigenvalue weighted by molar-refractivity contribution is 9.10. The highest BCUT2D eigenvalue weighted by Gasteiger charge is 2.28. The Bertz CT molecular complexity index is 381. The lowest BCUT2D eigenvalue weighted by atomic mass is 9.93. The van der Waals surface area contributed by atoms with E-state index in [0.717, 1.165) is 24.1 Å². The average molecular weight is 270 g/mol. The Morgan fingerprint density at radius 2 is 2.20 bits per heavy atom. The Labute approximate surface area is 98.6 Å². The molecule has 0 radical (unpaired) electrons. The predicted octanol–water partition coefficient (Wildman–Crippen LogP) is 2.36. The van der Waals surface area contributed by atoms with E-state index in [1.807, 2.05) is 0 Å². The van der Waals surface area contributed by atoms with E-state index in [4.69, 9.17) is 0 Å². The Morgan fingerprint density at radius 1 is 1.40 bits per heavy atom. The number of aromatic nitrogens is 2. The van der Waals surface area contributed by atoms with Gasteiger partial charge in [-0.15, -0.1) is 0 Å². The van der Waals surface area contributed by atoms with Crippen LogP contribution in [0.2, 0.25) is 0 Å². The van der Waals surface area contributed by atoms with E-state index in [-0.39, 0.29) is 0 Å². The van der Waals surface area contributed by atoms with Crippen molar-refractivity contribution >= 4 is 15.9 Å². The van der Waals surface area contributed by atoms with Gasteiger partial charge in [-0.05, 0) is 48.7 Å². The van der Waals surface area contributed by atoms with E-state index in [0.29, 0.717) is 6.04 Å². The van der Waals surface area contributed by atoms with Crippen LogP contribution in [-0.4, -0.2) is 28.3 Å². The first-order valence-electron chi connectivity index (χ1n) is 5.70. The first kappa shape index (κ1) is 9.85. The molecule has 0 saturated heterocycles. The molecule has 1 fully saturated rings. The van der Waals surface area contributed by atoms with Gasteiger partial charge >= 0.3 is 0 Å². The van der Waals surface area contributed by atoms with Crippen LogP contribution in [0.1, 0.15) is 36.6 Å². The fraction of sp³-hybridized carbons (Fsp3) is 0.727. The molecule has 1 aliphatic carbocycles. The second-order valence-corrected chi connectivity index (χ2v) is 5.48. The molecule has 0 unspecified atom stereocenters. The lowest BCUT2D eigenvalue weighted by molar-refractivity contribution is 0.251. The third-order valence-corrected chi connectivity index (χ3v) is 4.29. The number of likely N-dealkylation sites (N-methyl/N-ethyl adjacent to an activating group) is 1. The van der Waals surface area contributed by atoms with Gasteiger partial charge in [0.2, 0.25) is 0 Å². The lowest BCUT2D eigenvalue weighted by Gasteiger charge is -2.30. The molecule has 0 bridgehead atoms. The molecular weight excluding hydrogens is 254 g/mol. The molecule has 0 atom stereocenters. The molecule has 2 aliphatic rings. The normalized spacial score (nSPS) is 22.5. The van der Waals surface area contributed by atoms with Crippen molar-refractivity contribution in [2.24, 2.45) is 0 Å². The highest BCUT2D eigenvalue weighted by Crippen LogP contribution is 2.36. The van der Waals surface area contributed by atoms with E-state index in [1.54, 1.807) is 0 Å². The Kier molecular flexibility index (Phi) is 2.36. The van der Waals surface area contributed by atoms with Crippen LogP contribution in [0.5, 0.6) is 0 Å². The van der Waals surface area contributed by atoms with Gasteiger partial charge in [0.15, 0.2) is 0 Å². The molecule has 0 aromatic carbocycles. The fourth-order valence-corrected chi connectivity index (χ4v) is 3.06. The number of hydrogen-bond donors (Lipinski definition) is 0. The summed E-state index contributed by atoms with van der Waals surface area (Å²) in [5.74, 6) is 0. The van der Waals surface area contributed by atoms with Crippen molar-refractivity contribution in [1.29, 1.82) is 0 Å². The zero-order valence-electron chi connectivity index (χ0n) is 9.04. The van der Waals surface area contributed by atoms with Crippen LogP contribution < -0.4 is 0 Å². The summed E-state index contributed by atoms with van der Waals surface area (Å²) in [5, 5.41) is 4.66. The van der Waals surface area contributed by atoms with Crippen molar-refractivity contribution in [3.8, 4) is 0 Å². The summed E-state index contributed by atoms with van der Waals surface area (Å²) in [6.07, 6.45) is 5.13. The third kappa shape index (κ3) is 1.54.